The van der Waals surface area contributed by atoms with Crippen LogP contribution >= 0.6 is 0 Å². The van der Waals surface area contributed by atoms with Crippen molar-refractivity contribution in [3.63, 3.8) is 0 Å². The van der Waals surface area contributed by atoms with Crippen LogP contribution in [0.3, 0.4) is 0 Å². The summed E-state index contributed by atoms with van der Waals surface area (Å²) in [6.45, 7) is -0.405. The molecule has 0 unspecified atom stereocenters. The second-order valence-corrected chi connectivity index (χ2v) is 7.27. The Morgan fingerprint density at radius 2 is 1.39 bits per heavy atom. The van der Waals surface area contributed by atoms with Gasteiger partial charge >= 0.3 is 5.97 Å². The van der Waals surface area contributed by atoms with E-state index >= 15 is 0 Å². The first-order chi connectivity index (χ1) is 13.6. The number of rotatable bonds is 6. The van der Waals surface area contributed by atoms with Crippen LogP contribution in [0.5, 0.6) is 0 Å². The molecule has 3 rings (SSSR count). The standard InChI is InChI=1S/C23H27NO4/c25-21(24-20-15-9-1-2-10-16-20)17-28-22(26)23(27,18-11-5-3-6-12-18)19-13-7-4-8-14-19/h3-8,11-14,20,27H,1-2,9-10,15-17H2,(H,24,25). The van der Waals surface area contributed by atoms with E-state index in [1.165, 1.54) is 12.8 Å². The molecule has 28 heavy (non-hydrogen) atoms. The predicted molar refractivity (Wildman–Crippen MR) is 106 cm³/mol. The first-order valence-electron chi connectivity index (χ1n) is 9.90. The van der Waals surface area contributed by atoms with Crippen LogP contribution in [-0.2, 0) is 19.9 Å². The summed E-state index contributed by atoms with van der Waals surface area (Å²) in [7, 11) is 0. The average Bonchev–Trinajstić information content (AvgIpc) is 3.01. The topological polar surface area (TPSA) is 75.6 Å². The Morgan fingerprint density at radius 1 is 0.893 bits per heavy atom. The van der Waals surface area contributed by atoms with E-state index in [1.807, 2.05) is 0 Å². The number of carbonyl (C=O) groups is 2. The Hall–Kier alpha value is -2.66. The van der Waals surface area contributed by atoms with E-state index in [0.717, 1.165) is 25.7 Å². The fourth-order valence-corrected chi connectivity index (χ4v) is 3.69. The Morgan fingerprint density at radius 3 is 1.89 bits per heavy atom. The van der Waals surface area contributed by atoms with Crippen molar-refractivity contribution in [3.8, 4) is 0 Å². The molecule has 0 bridgehead atoms. The zero-order chi connectivity index (χ0) is 19.8. The summed E-state index contributed by atoms with van der Waals surface area (Å²) >= 11 is 0. The van der Waals surface area contributed by atoms with Gasteiger partial charge in [0.25, 0.3) is 5.91 Å². The third kappa shape index (κ3) is 4.78. The van der Waals surface area contributed by atoms with Gasteiger partial charge in [-0.05, 0) is 24.0 Å². The molecule has 2 aromatic carbocycles. The van der Waals surface area contributed by atoms with E-state index in [9.17, 15) is 14.7 Å². The number of hydrogen-bond donors (Lipinski definition) is 2. The monoisotopic (exact) mass is 381 g/mol. The Kier molecular flexibility index (Phi) is 6.82. The van der Waals surface area contributed by atoms with Gasteiger partial charge in [0.05, 0.1) is 0 Å². The lowest BCUT2D eigenvalue weighted by Gasteiger charge is -2.27. The minimum Gasteiger partial charge on any atom is -0.453 e. The molecule has 2 aromatic rings. The van der Waals surface area contributed by atoms with Gasteiger partial charge in [0, 0.05) is 6.04 Å². The summed E-state index contributed by atoms with van der Waals surface area (Å²) < 4.78 is 5.25. The van der Waals surface area contributed by atoms with Gasteiger partial charge in [-0.2, -0.15) is 0 Å². The predicted octanol–water partition coefficient (Wildman–Crippen LogP) is 3.30. The average molecular weight is 381 g/mol. The van der Waals surface area contributed by atoms with Crippen LogP contribution in [0, 0.1) is 0 Å². The van der Waals surface area contributed by atoms with Crippen LogP contribution in [0.4, 0.5) is 0 Å². The molecule has 0 atom stereocenters. The third-order valence-electron chi connectivity index (χ3n) is 5.23. The van der Waals surface area contributed by atoms with Gasteiger partial charge in [-0.3, -0.25) is 4.79 Å². The first-order valence-corrected chi connectivity index (χ1v) is 9.90. The molecule has 1 aliphatic rings. The van der Waals surface area contributed by atoms with Gasteiger partial charge in [-0.1, -0.05) is 86.3 Å². The van der Waals surface area contributed by atoms with Crippen LogP contribution in [0.15, 0.2) is 60.7 Å². The van der Waals surface area contributed by atoms with Crippen molar-refractivity contribution in [3.05, 3.63) is 71.8 Å². The Balaban J connectivity index is 1.69. The quantitative estimate of drug-likeness (QED) is 0.595. The lowest BCUT2D eigenvalue weighted by atomic mass is 9.86. The summed E-state index contributed by atoms with van der Waals surface area (Å²) in [6, 6.07) is 17.4. The summed E-state index contributed by atoms with van der Waals surface area (Å²) in [5.41, 5.74) is -1.17. The van der Waals surface area contributed by atoms with Crippen molar-refractivity contribution in [1.82, 2.24) is 5.32 Å². The van der Waals surface area contributed by atoms with Gasteiger partial charge in [0.15, 0.2) is 6.61 Å². The van der Waals surface area contributed by atoms with Gasteiger partial charge < -0.3 is 15.2 Å². The number of benzene rings is 2. The maximum Gasteiger partial charge on any atom is 0.348 e. The normalized spacial score (nSPS) is 15.5. The number of ether oxygens (including phenoxy) is 1. The van der Waals surface area contributed by atoms with E-state index in [4.69, 9.17) is 4.74 Å². The zero-order valence-corrected chi connectivity index (χ0v) is 16.0. The lowest BCUT2D eigenvalue weighted by Crippen LogP contribution is -2.42. The smallest absolute Gasteiger partial charge is 0.348 e. The van der Waals surface area contributed by atoms with Crippen molar-refractivity contribution in [2.45, 2.75) is 50.2 Å². The SMILES string of the molecule is O=C(COC(=O)C(O)(c1ccccc1)c1ccccc1)NC1CCCCCC1. The molecule has 148 valence electrons. The maximum atomic E-state index is 12.9. The minimum absolute atomic E-state index is 0.135. The summed E-state index contributed by atoms with van der Waals surface area (Å²) in [5.74, 6) is -1.19. The molecular weight excluding hydrogens is 354 g/mol. The van der Waals surface area contributed by atoms with Crippen molar-refractivity contribution in [2.24, 2.45) is 0 Å². The van der Waals surface area contributed by atoms with Crippen molar-refractivity contribution < 1.29 is 19.4 Å². The molecular formula is C23H27NO4. The molecule has 1 fully saturated rings. The summed E-state index contributed by atoms with van der Waals surface area (Å²) in [6.07, 6.45) is 6.51. The van der Waals surface area contributed by atoms with E-state index in [1.54, 1.807) is 60.7 Å². The van der Waals surface area contributed by atoms with E-state index in [2.05, 4.69) is 5.32 Å². The van der Waals surface area contributed by atoms with Crippen molar-refractivity contribution in [2.75, 3.05) is 6.61 Å². The number of carbonyl (C=O) groups excluding carboxylic acids is 2. The van der Waals surface area contributed by atoms with Gasteiger partial charge in [0.2, 0.25) is 5.60 Å². The second kappa shape index (κ2) is 9.51. The maximum absolute atomic E-state index is 12.9. The molecule has 5 nitrogen and oxygen atoms in total. The number of nitrogens with one attached hydrogen (secondary N) is 1. The highest BCUT2D eigenvalue weighted by atomic mass is 16.6. The molecule has 0 saturated heterocycles. The largest absolute Gasteiger partial charge is 0.453 e. The molecule has 0 heterocycles. The van der Waals surface area contributed by atoms with Crippen LogP contribution in [0.2, 0.25) is 0 Å². The van der Waals surface area contributed by atoms with Crippen LogP contribution < -0.4 is 5.32 Å². The van der Waals surface area contributed by atoms with Crippen LogP contribution in [0.1, 0.15) is 49.7 Å². The molecule has 1 aliphatic carbocycles. The van der Waals surface area contributed by atoms with Gasteiger partial charge in [0.1, 0.15) is 0 Å². The van der Waals surface area contributed by atoms with Crippen LogP contribution in [-0.4, -0.2) is 29.6 Å². The Labute approximate surface area is 165 Å². The van der Waals surface area contributed by atoms with Crippen molar-refractivity contribution >= 4 is 11.9 Å². The van der Waals surface area contributed by atoms with Crippen LogP contribution in [0.25, 0.3) is 0 Å². The summed E-state index contributed by atoms with van der Waals surface area (Å²) in [4.78, 5) is 25.1. The highest BCUT2D eigenvalue weighted by molar-refractivity contribution is 5.88. The van der Waals surface area contributed by atoms with E-state index in [0.29, 0.717) is 11.1 Å². The Bertz CT molecular complexity index is 728. The van der Waals surface area contributed by atoms with Gasteiger partial charge in [-0.25, -0.2) is 4.79 Å². The molecule has 1 saturated carbocycles. The molecule has 0 spiro atoms. The summed E-state index contributed by atoms with van der Waals surface area (Å²) in [5, 5.41) is 14.2. The highest BCUT2D eigenvalue weighted by Gasteiger charge is 2.41. The fourth-order valence-electron chi connectivity index (χ4n) is 3.69. The minimum atomic E-state index is -1.97. The van der Waals surface area contributed by atoms with E-state index in [-0.39, 0.29) is 11.9 Å². The molecule has 0 radical (unpaired) electrons. The number of amides is 1. The molecule has 5 heteroatoms. The second-order valence-electron chi connectivity index (χ2n) is 7.27. The molecule has 0 aromatic heterocycles. The van der Waals surface area contributed by atoms with Crippen molar-refractivity contribution in [1.29, 1.82) is 0 Å². The van der Waals surface area contributed by atoms with E-state index < -0.39 is 18.2 Å². The number of hydrogen-bond acceptors (Lipinski definition) is 4. The first kappa shape index (κ1) is 20.1. The fraction of sp³-hybridized carbons (Fsp3) is 0.391. The number of esters is 1. The zero-order valence-electron chi connectivity index (χ0n) is 16.0. The van der Waals surface area contributed by atoms with Gasteiger partial charge in [-0.15, -0.1) is 0 Å². The number of aliphatic hydroxyl groups is 1. The third-order valence-corrected chi connectivity index (χ3v) is 5.23. The molecule has 0 aliphatic heterocycles. The molecule has 2 N–H and O–H groups in total. The highest BCUT2D eigenvalue weighted by Crippen LogP contribution is 2.31. The molecule has 1 amide bonds. The lowest BCUT2D eigenvalue weighted by molar-refractivity contribution is -0.164.